The summed E-state index contributed by atoms with van der Waals surface area (Å²) in [5.41, 5.74) is 2.69. The first-order chi connectivity index (χ1) is 17.2. The Morgan fingerprint density at radius 1 is 0.571 bits per heavy atom. The molecule has 5 aromatic rings. The molecule has 0 saturated carbocycles. The molecule has 0 aromatic heterocycles. The Labute approximate surface area is 202 Å². The van der Waals surface area contributed by atoms with Crippen molar-refractivity contribution in [3.8, 4) is 0 Å². The van der Waals surface area contributed by atoms with E-state index in [1.54, 1.807) is 24.3 Å². The van der Waals surface area contributed by atoms with Crippen LogP contribution < -0.4 is 0 Å². The molecule has 0 aliphatic carbocycles. The molecule has 1 N–H and O–H groups in total. The molecule has 5 nitrogen and oxygen atoms in total. The van der Waals surface area contributed by atoms with Crippen molar-refractivity contribution in [2.45, 2.75) is 13.2 Å². The zero-order chi connectivity index (χ0) is 24.2. The Morgan fingerprint density at radius 2 is 1.03 bits per heavy atom. The number of hydrogen-bond donors (Lipinski definition) is 1. The third kappa shape index (κ3) is 4.43. The van der Waals surface area contributed by atoms with Gasteiger partial charge >= 0.3 is 0 Å². The summed E-state index contributed by atoms with van der Waals surface area (Å²) in [6.07, 6.45) is 0. The van der Waals surface area contributed by atoms with Crippen LogP contribution in [0.5, 0.6) is 0 Å². The SMILES string of the molecule is O=C1c2ccccc2C(=O)N1OCc1cccc2ccccc12.OCc1cccc2ccccc12. The number of fused-ring (bicyclic) bond motifs is 3. The fraction of sp³-hybridized carbons (Fsp3) is 0.0667. The maximum atomic E-state index is 12.3. The van der Waals surface area contributed by atoms with Gasteiger partial charge in [0.05, 0.1) is 17.7 Å². The minimum absolute atomic E-state index is 0.112. The van der Waals surface area contributed by atoms with E-state index in [-0.39, 0.29) is 13.2 Å². The van der Waals surface area contributed by atoms with Gasteiger partial charge in [0.25, 0.3) is 11.8 Å². The van der Waals surface area contributed by atoms with Crippen LogP contribution in [0.15, 0.2) is 109 Å². The van der Waals surface area contributed by atoms with Gasteiger partial charge < -0.3 is 5.11 Å². The number of carbonyl (C=O) groups is 2. The largest absolute Gasteiger partial charge is 0.392 e. The van der Waals surface area contributed by atoms with Gasteiger partial charge in [0.15, 0.2) is 0 Å². The van der Waals surface area contributed by atoms with Gasteiger partial charge in [0, 0.05) is 0 Å². The van der Waals surface area contributed by atoms with Gasteiger partial charge in [0.2, 0.25) is 0 Å². The first-order valence-electron chi connectivity index (χ1n) is 11.3. The molecule has 5 heteroatoms. The second-order valence-electron chi connectivity index (χ2n) is 8.16. The molecule has 0 spiro atoms. The molecule has 0 fully saturated rings. The second kappa shape index (κ2) is 9.89. The number of aliphatic hydroxyl groups is 1. The molecular weight excluding hydrogens is 438 g/mol. The summed E-state index contributed by atoms with van der Waals surface area (Å²) in [7, 11) is 0. The van der Waals surface area contributed by atoms with Crippen LogP contribution in [0.3, 0.4) is 0 Å². The third-order valence-electron chi connectivity index (χ3n) is 6.04. The Bertz CT molecular complexity index is 1500. The summed E-state index contributed by atoms with van der Waals surface area (Å²) in [5.74, 6) is -0.823. The Balaban J connectivity index is 0.000000178. The number of hydrogen-bond acceptors (Lipinski definition) is 4. The van der Waals surface area contributed by atoms with Crippen molar-refractivity contribution in [1.82, 2.24) is 5.06 Å². The van der Waals surface area contributed by atoms with Crippen LogP contribution in [0.25, 0.3) is 21.5 Å². The van der Waals surface area contributed by atoms with Crippen molar-refractivity contribution in [2.24, 2.45) is 0 Å². The average molecular weight is 462 g/mol. The first-order valence-corrected chi connectivity index (χ1v) is 11.3. The number of nitrogens with zero attached hydrogens (tertiary/aromatic N) is 1. The van der Waals surface area contributed by atoms with Crippen molar-refractivity contribution < 1.29 is 19.5 Å². The Morgan fingerprint density at radius 3 is 1.60 bits per heavy atom. The van der Waals surface area contributed by atoms with Gasteiger partial charge in [0.1, 0.15) is 6.61 Å². The monoisotopic (exact) mass is 461 g/mol. The molecule has 1 heterocycles. The Kier molecular flexibility index (Phi) is 6.35. The number of imide groups is 1. The second-order valence-corrected chi connectivity index (χ2v) is 8.16. The van der Waals surface area contributed by atoms with E-state index in [0.29, 0.717) is 11.1 Å². The minimum Gasteiger partial charge on any atom is -0.392 e. The normalized spacial score (nSPS) is 12.5. The molecule has 5 aromatic carbocycles. The van der Waals surface area contributed by atoms with Gasteiger partial charge in [-0.05, 0) is 44.8 Å². The molecule has 1 aliphatic heterocycles. The molecule has 1 aliphatic rings. The smallest absolute Gasteiger partial charge is 0.285 e. The zero-order valence-corrected chi connectivity index (χ0v) is 18.9. The summed E-state index contributed by atoms with van der Waals surface area (Å²) in [4.78, 5) is 30.1. The molecule has 0 saturated heterocycles. The molecular formula is C30H23NO4. The summed E-state index contributed by atoms with van der Waals surface area (Å²) < 4.78 is 0. The van der Waals surface area contributed by atoms with E-state index in [2.05, 4.69) is 12.1 Å². The van der Waals surface area contributed by atoms with E-state index < -0.39 is 11.8 Å². The zero-order valence-electron chi connectivity index (χ0n) is 18.9. The third-order valence-corrected chi connectivity index (χ3v) is 6.04. The lowest BCUT2D eigenvalue weighted by molar-refractivity contribution is -0.100. The number of aliphatic hydroxyl groups excluding tert-OH is 1. The van der Waals surface area contributed by atoms with E-state index in [1.165, 1.54) is 5.39 Å². The van der Waals surface area contributed by atoms with Gasteiger partial charge in [-0.2, -0.15) is 0 Å². The highest BCUT2D eigenvalue weighted by Crippen LogP contribution is 2.25. The molecule has 2 amide bonds. The quantitative estimate of drug-likeness (QED) is 0.339. The van der Waals surface area contributed by atoms with Crippen molar-refractivity contribution in [2.75, 3.05) is 0 Å². The predicted octanol–water partition coefficient (Wildman–Crippen LogP) is 5.90. The molecule has 172 valence electrons. The maximum Gasteiger partial charge on any atom is 0.285 e. The fourth-order valence-electron chi connectivity index (χ4n) is 4.27. The minimum atomic E-state index is -0.411. The number of carbonyl (C=O) groups excluding carboxylic acids is 2. The Hall–Kier alpha value is -4.32. The van der Waals surface area contributed by atoms with Crippen LogP contribution in [0.1, 0.15) is 31.8 Å². The van der Waals surface area contributed by atoms with Crippen molar-refractivity contribution in [3.05, 3.63) is 131 Å². The topological polar surface area (TPSA) is 66.8 Å². The van der Waals surface area contributed by atoms with Crippen LogP contribution in [-0.2, 0) is 18.1 Å². The van der Waals surface area contributed by atoms with E-state index in [4.69, 9.17) is 9.94 Å². The predicted molar refractivity (Wildman–Crippen MR) is 136 cm³/mol. The van der Waals surface area contributed by atoms with Crippen LogP contribution >= 0.6 is 0 Å². The average Bonchev–Trinajstić information content (AvgIpc) is 3.16. The van der Waals surface area contributed by atoms with E-state index >= 15 is 0 Å². The number of amides is 2. The molecule has 0 bridgehead atoms. The molecule has 0 radical (unpaired) electrons. The van der Waals surface area contributed by atoms with Crippen LogP contribution in [0, 0.1) is 0 Å². The maximum absolute atomic E-state index is 12.3. The molecule has 35 heavy (non-hydrogen) atoms. The van der Waals surface area contributed by atoms with E-state index in [9.17, 15) is 9.59 Å². The van der Waals surface area contributed by atoms with Crippen LogP contribution in [0.4, 0.5) is 0 Å². The lowest BCUT2D eigenvalue weighted by Gasteiger charge is -2.14. The van der Waals surface area contributed by atoms with Gasteiger partial charge in [-0.3, -0.25) is 14.4 Å². The summed E-state index contributed by atoms with van der Waals surface area (Å²) in [6, 6.07) is 34.6. The van der Waals surface area contributed by atoms with Crippen LogP contribution in [-0.4, -0.2) is 22.0 Å². The van der Waals surface area contributed by atoms with Crippen LogP contribution in [0.2, 0.25) is 0 Å². The number of hydroxylamine groups is 2. The molecule has 0 unspecified atom stereocenters. The highest BCUT2D eigenvalue weighted by Gasteiger charge is 2.36. The summed E-state index contributed by atoms with van der Waals surface area (Å²) in [6.45, 7) is 0.272. The highest BCUT2D eigenvalue weighted by atomic mass is 16.7. The standard InChI is InChI=1S/C19H13NO3.C11H10O/c21-18-16-10-3-4-11-17(16)19(22)20(18)23-12-14-8-5-7-13-6-1-2-9-15(13)14;12-8-10-6-3-5-9-4-1-2-7-11(9)10/h1-11H,12H2;1-7,12H,8H2. The van der Waals surface area contributed by atoms with E-state index in [1.807, 2.05) is 72.8 Å². The summed E-state index contributed by atoms with van der Waals surface area (Å²) >= 11 is 0. The number of benzene rings is 5. The fourth-order valence-corrected chi connectivity index (χ4v) is 4.27. The highest BCUT2D eigenvalue weighted by molar-refractivity contribution is 6.20. The van der Waals surface area contributed by atoms with Crippen molar-refractivity contribution in [1.29, 1.82) is 0 Å². The van der Waals surface area contributed by atoms with Crippen molar-refractivity contribution in [3.63, 3.8) is 0 Å². The van der Waals surface area contributed by atoms with Gasteiger partial charge in [-0.15, -0.1) is 5.06 Å². The number of rotatable bonds is 4. The van der Waals surface area contributed by atoms with Crippen molar-refractivity contribution >= 4 is 33.4 Å². The summed E-state index contributed by atoms with van der Waals surface area (Å²) in [5, 5.41) is 14.4. The molecule has 6 rings (SSSR count). The van der Waals surface area contributed by atoms with Gasteiger partial charge in [-0.25, -0.2) is 0 Å². The van der Waals surface area contributed by atoms with Gasteiger partial charge in [-0.1, -0.05) is 97.1 Å². The lowest BCUT2D eigenvalue weighted by Crippen LogP contribution is -2.29. The first kappa shape index (κ1) is 22.5. The molecule has 0 atom stereocenters. The van der Waals surface area contributed by atoms with E-state index in [0.717, 1.165) is 32.3 Å². The lowest BCUT2D eigenvalue weighted by atomic mass is 10.1.